The molecule has 0 amide bonds. The highest BCUT2D eigenvalue weighted by Crippen LogP contribution is 2.18. The van der Waals surface area contributed by atoms with E-state index in [1.165, 1.54) is 6.26 Å². The van der Waals surface area contributed by atoms with Gasteiger partial charge in [0.1, 0.15) is 0 Å². The summed E-state index contributed by atoms with van der Waals surface area (Å²) in [5, 5.41) is 13.3. The molecule has 1 fully saturated rings. The Balaban J connectivity index is 1.76. The molecule has 0 spiro atoms. The molecular weight excluding hydrogens is 288 g/mol. The maximum Gasteiger partial charge on any atom is 0.211 e. The molecule has 118 valence electrons. The zero-order chi connectivity index (χ0) is 15.3. The second kappa shape index (κ2) is 7.35. The molecule has 2 rings (SSSR count). The summed E-state index contributed by atoms with van der Waals surface area (Å²) in [6.45, 7) is 2.42. The van der Waals surface area contributed by atoms with Crippen LogP contribution in [0.2, 0.25) is 0 Å². The maximum atomic E-state index is 11.6. The third kappa shape index (κ3) is 5.07. The SMILES string of the molecule is CS(=O)(=O)N1CCCC(CNCC(O)c2ccccc2)C1. The molecule has 2 N–H and O–H groups in total. The summed E-state index contributed by atoms with van der Waals surface area (Å²) in [5.41, 5.74) is 0.895. The Morgan fingerprint density at radius 3 is 2.76 bits per heavy atom. The molecule has 1 saturated heterocycles. The van der Waals surface area contributed by atoms with Crippen molar-refractivity contribution in [1.29, 1.82) is 0 Å². The van der Waals surface area contributed by atoms with Gasteiger partial charge in [-0.1, -0.05) is 30.3 Å². The lowest BCUT2D eigenvalue weighted by Gasteiger charge is -2.31. The predicted molar refractivity (Wildman–Crippen MR) is 83.4 cm³/mol. The fraction of sp³-hybridized carbons (Fsp3) is 0.600. The van der Waals surface area contributed by atoms with E-state index in [4.69, 9.17) is 0 Å². The van der Waals surface area contributed by atoms with Crippen LogP contribution in [0.25, 0.3) is 0 Å². The Labute approximate surface area is 127 Å². The minimum Gasteiger partial charge on any atom is -0.387 e. The third-order valence-electron chi connectivity index (χ3n) is 3.91. The van der Waals surface area contributed by atoms with Crippen molar-refractivity contribution in [2.75, 3.05) is 32.4 Å². The molecule has 1 aliphatic rings. The molecule has 0 bridgehead atoms. The Hall–Kier alpha value is -0.950. The lowest BCUT2D eigenvalue weighted by atomic mass is 9.99. The van der Waals surface area contributed by atoms with Gasteiger partial charge in [-0.15, -0.1) is 0 Å². The molecule has 2 atom stereocenters. The first-order chi connectivity index (χ1) is 9.97. The summed E-state index contributed by atoms with van der Waals surface area (Å²) >= 11 is 0. The van der Waals surface area contributed by atoms with E-state index in [1.54, 1.807) is 4.31 Å². The van der Waals surface area contributed by atoms with Crippen LogP contribution >= 0.6 is 0 Å². The summed E-state index contributed by atoms with van der Waals surface area (Å²) in [4.78, 5) is 0. The van der Waals surface area contributed by atoms with Gasteiger partial charge in [0, 0.05) is 19.6 Å². The topological polar surface area (TPSA) is 69.6 Å². The standard InChI is InChI=1S/C15H24N2O3S/c1-21(19,20)17-9-5-6-13(12-17)10-16-11-15(18)14-7-3-2-4-8-14/h2-4,7-8,13,15-16,18H,5-6,9-12H2,1H3. The molecule has 1 heterocycles. The molecule has 1 aromatic carbocycles. The number of benzene rings is 1. The van der Waals surface area contributed by atoms with Gasteiger partial charge in [0.05, 0.1) is 12.4 Å². The van der Waals surface area contributed by atoms with Gasteiger partial charge in [0.15, 0.2) is 0 Å². The lowest BCUT2D eigenvalue weighted by Crippen LogP contribution is -2.42. The molecule has 21 heavy (non-hydrogen) atoms. The van der Waals surface area contributed by atoms with Crippen LogP contribution in [0.15, 0.2) is 30.3 Å². The highest BCUT2D eigenvalue weighted by Gasteiger charge is 2.25. The van der Waals surface area contributed by atoms with Gasteiger partial charge in [-0.2, -0.15) is 0 Å². The molecule has 5 nitrogen and oxygen atoms in total. The quantitative estimate of drug-likeness (QED) is 0.821. The molecule has 0 radical (unpaired) electrons. The van der Waals surface area contributed by atoms with Gasteiger partial charge >= 0.3 is 0 Å². The number of hydrogen-bond donors (Lipinski definition) is 2. The van der Waals surface area contributed by atoms with Gasteiger partial charge in [0.25, 0.3) is 0 Å². The number of sulfonamides is 1. The Morgan fingerprint density at radius 1 is 1.38 bits per heavy atom. The van der Waals surface area contributed by atoms with Crippen molar-refractivity contribution in [2.24, 2.45) is 5.92 Å². The van der Waals surface area contributed by atoms with Crippen LogP contribution in [-0.2, 0) is 10.0 Å². The predicted octanol–water partition coefficient (Wildman–Crippen LogP) is 0.981. The first-order valence-electron chi connectivity index (χ1n) is 7.35. The maximum absolute atomic E-state index is 11.6. The van der Waals surface area contributed by atoms with Crippen LogP contribution in [0.5, 0.6) is 0 Å². The summed E-state index contributed by atoms with van der Waals surface area (Å²) in [6.07, 6.45) is 2.67. The fourth-order valence-corrected chi connectivity index (χ4v) is 3.65. The van der Waals surface area contributed by atoms with Crippen molar-refractivity contribution in [3.05, 3.63) is 35.9 Å². The molecule has 6 heteroatoms. The van der Waals surface area contributed by atoms with Crippen LogP contribution in [0, 0.1) is 5.92 Å². The van der Waals surface area contributed by atoms with Gasteiger partial charge < -0.3 is 10.4 Å². The summed E-state index contributed by atoms with van der Waals surface area (Å²) in [5.74, 6) is 0.316. The largest absolute Gasteiger partial charge is 0.387 e. The third-order valence-corrected chi connectivity index (χ3v) is 5.18. The lowest BCUT2D eigenvalue weighted by molar-refractivity contribution is 0.168. The number of aliphatic hydroxyl groups excluding tert-OH is 1. The van der Waals surface area contributed by atoms with Crippen molar-refractivity contribution in [3.8, 4) is 0 Å². The van der Waals surface area contributed by atoms with E-state index in [9.17, 15) is 13.5 Å². The summed E-state index contributed by atoms with van der Waals surface area (Å²) in [6, 6.07) is 9.54. The number of rotatable bonds is 6. The van der Waals surface area contributed by atoms with Crippen LogP contribution in [0.3, 0.4) is 0 Å². The van der Waals surface area contributed by atoms with E-state index in [2.05, 4.69) is 5.32 Å². The first-order valence-corrected chi connectivity index (χ1v) is 9.20. The first kappa shape index (κ1) is 16.4. The Bertz CT molecular complexity index is 533. The van der Waals surface area contributed by atoms with Crippen LogP contribution in [-0.4, -0.2) is 50.3 Å². The minimum atomic E-state index is -3.09. The van der Waals surface area contributed by atoms with Crippen molar-refractivity contribution in [1.82, 2.24) is 9.62 Å². The fourth-order valence-electron chi connectivity index (χ4n) is 2.71. The molecule has 0 aliphatic carbocycles. The van der Waals surface area contributed by atoms with Crippen LogP contribution in [0.4, 0.5) is 0 Å². The van der Waals surface area contributed by atoms with E-state index in [1.807, 2.05) is 30.3 Å². The number of piperidine rings is 1. The number of nitrogens with zero attached hydrogens (tertiary/aromatic N) is 1. The molecule has 1 aromatic rings. The Kier molecular flexibility index (Phi) is 5.75. The Morgan fingerprint density at radius 2 is 2.10 bits per heavy atom. The van der Waals surface area contributed by atoms with Crippen LogP contribution < -0.4 is 5.32 Å². The molecule has 2 unspecified atom stereocenters. The van der Waals surface area contributed by atoms with Crippen molar-refractivity contribution < 1.29 is 13.5 Å². The average Bonchev–Trinajstić information content (AvgIpc) is 2.47. The highest BCUT2D eigenvalue weighted by molar-refractivity contribution is 7.88. The average molecular weight is 312 g/mol. The summed E-state index contributed by atoms with van der Waals surface area (Å²) in [7, 11) is -3.09. The number of hydrogen-bond acceptors (Lipinski definition) is 4. The molecule has 0 saturated carbocycles. The second-order valence-corrected chi connectivity index (χ2v) is 7.70. The monoisotopic (exact) mass is 312 g/mol. The van der Waals surface area contributed by atoms with Gasteiger partial charge in [0.2, 0.25) is 10.0 Å². The second-order valence-electron chi connectivity index (χ2n) is 5.71. The van der Waals surface area contributed by atoms with E-state index in [0.717, 1.165) is 24.9 Å². The molecular formula is C15H24N2O3S. The minimum absolute atomic E-state index is 0.316. The summed E-state index contributed by atoms with van der Waals surface area (Å²) < 4.78 is 24.7. The number of nitrogens with one attached hydrogen (secondary N) is 1. The van der Waals surface area contributed by atoms with Gasteiger partial charge in [-0.25, -0.2) is 12.7 Å². The normalized spacial score (nSPS) is 22.1. The van der Waals surface area contributed by atoms with Crippen molar-refractivity contribution >= 4 is 10.0 Å². The molecule has 1 aliphatic heterocycles. The smallest absolute Gasteiger partial charge is 0.211 e. The van der Waals surface area contributed by atoms with E-state index < -0.39 is 16.1 Å². The van der Waals surface area contributed by atoms with Gasteiger partial charge in [-0.3, -0.25) is 0 Å². The van der Waals surface area contributed by atoms with E-state index >= 15 is 0 Å². The zero-order valence-corrected chi connectivity index (χ0v) is 13.2. The zero-order valence-electron chi connectivity index (χ0n) is 12.4. The van der Waals surface area contributed by atoms with Crippen molar-refractivity contribution in [2.45, 2.75) is 18.9 Å². The van der Waals surface area contributed by atoms with Crippen molar-refractivity contribution in [3.63, 3.8) is 0 Å². The molecule has 0 aromatic heterocycles. The van der Waals surface area contributed by atoms with Gasteiger partial charge in [-0.05, 0) is 30.9 Å². The van der Waals surface area contributed by atoms with E-state index in [0.29, 0.717) is 25.6 Å². The van der Waals surface area contributed by atoms with E-state index in [-0.39, 0.29) is 0 Å². The number of aliphatic hydroxyl groups is 1. The van der Waals surface area contributed by atoms with Crippen LogP contribution in [0.1, 0.15) is 24.5 Å². The highest BCUT2D eigenvalue weighted by atomic mass is 32.2.